The minimum Gasteiger partial charge on any atom is -0.480 e. The fourth-order valence-electron chi connectivity index (χ4n) is 2.50. The van der Waals surface area contributed by atoms with Crippen LogP contribution in [0, 0.1) is 0 Å². The van der Waals surface area contributed by atoms with Gasteiger partial charge in [0.05, 0.1) is 106 Å². The number of nitrogens with one attached hydrogen (secondary N) is 1. The number of carbonyl (C=O) groups excluding carboxylic acids is 2. The van der Waals surface area contributed by atoms with Gasteiger partial charge in [0.25, 0.3) is 0 Å². The number of ether oxygens (including phenoxy) is 10. The average Bonchev–Trinajstić information content (AvgIpc) is 2.94. The average molecular weight is 598 g/mol. The molecule has 0 aliphatic rings. The summed E-state index contributed by atoms with van der Waals surface area (Å²) in [5.74, 6) is -1.95. The van der Waals surface area contributed by atoms with Crippen molar-refractivity contribution in [3.63, 3.8) is 0 Å². The van der Waals surface area contributed by atoms with E-state index in [1.165, 1.54) is 0 Å². The van der Waals surface area contributed by atoms with Crippen LogP contribution in [0.5, 0.6) is 0 Å². The predicted molar refractivity (Wildman–Crippen MR) is 144 cm³/mol. The largest absolute Gasteiger partial charge is 0.480 e. The highest BCUT2D eigenvalue weighted by Crippen LogP contribution is 1.92. The minimum atomic E-state index is -1.13. The molecule has 0 atom stereocenters. The molecule has 0 spiro atoms. The molecule has 0 aliphatic heterocycles. The van der Waals surface area contributed by atoms with E-state index < -0.39 is 24.5 Å². The van der Waals surface area contributed by atoms with Gasteiger partial charge in [-0.2, -0.15) is 0 Å². The summed E-state index contributed by atoms with van der Waals surface area (Å²) in [5.41, 5.74) is 0.360. The second kappa shape index (κ2) is 30.7. The van der Waals surface area contributed by atoms with Gasteiger partial charge in [-0.05, 0) is 6.92 Å². The number of carbonyl (C=O) groups is 3. The Bertz CT molecular complexity index is 664. The third-order valence-electron chi connectivity index (χ3n) is 4.44. The number of hydrogen-bond acceptors (Lipinski definition) is 13. The Morgan fingerprint density at radius 2 is 0.878 bits per heavy atom. The first-order chi connectivity index (χ1) is 19.9. The summed E-state index contributed by atoms with van der Waals surface area (Å²) in [6, 6.07) is 0. The highest BCUT2D eigenvalue weighted by atomic mass is 16.6. The number of carboxylic acids is 1. The van der Waals surface area contributed by atoms with E-state index in [1.54, 1.807) is 6.92 Å². The number of rotatable bonds is 32. The van der Waals surface area contributed by atoms with E-state index in [-0.39, 0.29) is 13.2 Å². The van der Waals surface area contributed by atoms with Crippen LogP contribution in [0.25, 0.3) is 0 Å². The van der Waals surface area contributed by atoms with Crippen molar-refractivity contribution in [2.24, 2.45) is 0 Å². The van der Waals surface area contributed by atoms with E-state index in [0.717, 1.165) is 0 Å². The summed E-state index contributed by atoms with van der Waals surface area (Å²) in [7, 11) is 0. The van der Waals surface area contributed by atoms with E-state index >= 15 is 0 Å². The van der Waals surface area contributed by atoms with Gasteiger partial charge >= 0.3 is 11.9 Å². The van der Waals surface area contributed by atoms with Crippen molar-refractivity contribution >= 4 is 17.8 Å². The summed E-state index contributed by atoms with van der Waals surface area (Å²) in [6.45, 7) is 11.5. The third kappa shape index (κ3) is 32.2. The normalized spacial score (nSPS) is 11.0. The van der Waals surface area contributed by atoms with E-state index in [4.69, 9.17) is 47.7 Å². The fraction of sp³-hybridized carbons (Fsp3) is 0.808. The van der Waals surface area contributed by atoms with Gasteiger partial charge in [-0.1, -0.05) is 6.58 Å². The highest BCUT2D eigenvalue weighted by molar-refractivity contribution is 5.86. The van der Waals surface area contributed by atoms with Gasteiger partial charge in [-0.15, -0.1) is 0 Å². The molecule has 0 aromatic carbocycles. The molecule has 0 heterocycles. The van der Waals surface area contributed by atoms with Crippen molar-refractivity contribution < 1.29 is 66.9 Å². The van der Waals surface area contributed by atoms with E-state index in [1.807, 2.05) is 0 Å². The summed E-state index contributed by atoms with van der Waals surface area (Å²) in [5, 5.41) is 10.9. The molecule has 0 saturated heterocycles. The van der Waals surface area contributed by atoms with E-state index in [9.17, 15) is 14.4 Å². The molecule has 2 N–H and O–H groups in total. The number of hydrogen-bond donors (Lipinski definition) is 2. The molecule has 1 amide bonds. The van der Waals surface area contributed by atoms with Gasteiger partial charge < -0.3 is 57.8 Å². The second-order valence-corrected chi connectivity index (χ2v) is 8.05. The Morgan fingerprint density at radius 1 is 0.537 bits per heavy atom. The van der Waals surface area contributed by atoms with Gasteiger partial charge in [-0.3, -0.25) is 4.79 Å². The van der Waals surface area contributed by atoms with Crippen molar-refractivity contribution in [3.05, 3.63) is 12.2 Å². The minimum absolute atomic E-state index is 0.188. The smallest absolute Gasteiger partial charge is 0.333 e. The van der Waals surface area contributed by atoms with Crippen molar-refractivity contribution in [1.29, 1.82) is 0 Å². The van der Waals surface area contributed by atoms with E-state index in [0.29, 0.717) is 118 Å². The zero-order valence-corrected chi connectivity index (χ0v) is 24.1. The SMILES string of the molecule is C=C(C)C(=O)OCCOCCOCCOCCOCCOCCOCCOCCOCCNC(=O)COCC(=O)O. The molecule has 0 rings (SSSR count). The quantitative estimate of drug-likeness (QED) is 0.0574. The molecule has 0 aromatic rings. The molecular weight excluding hydrogens is 550 g/mol. The first-order valence-corrected chi connectivity index (χ1v) is 13.4. The molecule has 0 aromatic heterocycles. The second-order valence-electron chi connectivity index (χ2n) is 8.05. The van der Waals surface area contributed by atoms with Gasteiger partial charge in [0, 0.05) is 12.1 Å². The molecule has 41 heavy (non-hydrogen) atoms. The molecule has 0 bridgehead atoms. The predicted octanol–water partition coefficient (Wildman–Crippen LogP) is -0.544. The van der Waals surface area contributed by atoms with Crippen LogP contribution in [0.4, 0.5) is 0 Å². The van der Waals surface area contributed by atoms with Crippen LogP contribution in [0.3, 0.4) is 0 Å². The molecular formula is C26H47NO14. The van der Waals surface area contributed by atoms with Crippen molar-refractivity contribution in [3.8, 4) is 0 Å². The zero-order chi connectivity index (χ0) is 30.2. The molecule has 0 saturated carbocycles. The van der Waals surface area contributed by atoms with Crippen molar-refractivity contribution in [1.82, 2.24) is 5.32 Å². The molecule has 240 valence electrons. The summed E-state index contributed by atoms with van der Waals surface area (Å²) in [4.78, 5) is 32.8. The topological polar surface area (TPSA) is 176 Å². The molecule has 0 aliphatic carbocycles. The lowest BCUT2D eigenvalue weighted by atomic mass is 10.4. The third-order valence-corrected chi connectivity index (χ3v) is 4.44. The fourth-order valence-corrected chi connectivity index (χ4v) is 2.50. The number of aliphatic carboxylic acids is 1. The maximum absolute atomic E-state index is 11.3. The Hall–Kier alpha value is -2.21. The zero-order valence-electron chi connectivity index (χ0n) is 24.1. The maximum Gasteiger partial charge on any atom is 0.333 e. The van der Waals surface area contributed by atoms with Crippen LogP contribution in [0.2, 0.25) is 0 Å². The summed E-state index contributed by atoms with van der Waals surface area (Å²) < 4.78 is 52.5. The van der Waals surface area contributed by atoms with Gasteiger partial charge in [0.15, 0.2) is 0 Å². The molecule has 15 nitrogen and oxygen atoms in total. The van der Waals surface area contributed by atoms with Gasteiger partial charge in [0.1, 0.15) is 19.8 Å². The molecule has 0 fully saturated rings. The first kappa shape index (κ1) is 38.8. The molecule has 15 heteroatoms. The van der Waals surface area contributed by atoms with Gasteiger partial charge in [0.2, 0.25) is 5.91 Å². The van der Waals surface area contributed by atoms with Gasteiger partial charge in [-0.25, -0.2) is 9.59 Å². The lowest BCUT2D eigenvalue weighted by Gasteiger charge is -2.09. The lowest BCUT2D eigenvalue weighted by molar-refractivity contribution is -0.144. The van der Waals surface area contributed by atoms with Crippen LogP contribution < -0.4 is 5.32 Å². The van der Waals surface area contributed by atoms with Crippen LogP contribution in [-0.4, -0.2) is 155 Å². The Morgan fingerprint density at radius 3 is 1.22 bits per heavy atom. The van der Waals surface area contributed by atoms with Crippen molar-refractivity contribution in [2.75, 3.05) is 132 Å². The number of esters is 1. The lowest BCUT2D eigenvalue weighted by Crippen LogP contribution is -2.31. The Kier molecular flexibility index (Phi) is 29.1. The van der Waals surface area contributed by atoms with Crippen LogP contribution >= 0.6 is 0 Å². The Balaban J connectivity index is 3.13. The molecule has 0 unspecified atom stereocenters. The monoisotopic (exact) mass is 597 g/mol. The summed E-state index contributed by atoms with van der Waals surface area (Å²) >= 11 is 0. The maximum atomic E-state index is 11.3. The summed E-state index contributed by atoms with van der Waals surface area (Å²) in [6.07, 6.45) is 0. The van der Waals surface area contributed by atoms with Crippen LogP contribution in [0.15, 0.2) is 12.2 Å². The van der Waals surface area contributed by atoms with Crippen LogP contribution in [0.1, 0.15) is 6.92 Å². The van der Waals surface area contributed by atoms with Crippen LogP contribution in [-0.2, 0) is 61.8 Å². The number of amides is 1. The molecule has 0 radical (unpaired) electrons. The first-order valence-electron chi connectivity index (χ1n) is 13.4. The standard InChI is InChI=1S/C26H47NO14/c1-23(2)26(31)41-20-19-39-18-17-38-16-15-37-14-13-36-12-11-35-10-9-34-8-7-33-6-5-32-4-3-27-24(28)21-40-22-25(29)30/h1,3-22H2,2H3,(H,27,28)(H,29,30). The van der Waals surface area contributed by atoms with E-state index in [2.05, 4.69) is 16.6 Å². The number of carboxylic acid groups (broad SMARTS) is 1. The van der Waals surface area contributed by atoms with Crippen molar-refractivity contribution in [2.45, 2.75) is 6.92 Å². The Labute approximate surface area is 241 Å². The highest BCUT2D eigenvalue weighted by Gasteiger charge is 2.03.